The molecule has 0 aliphatic carbocycles. The van der Waals surface area contributed by atoms with Crippen LogP contribution in [0.3, 0.4) is 0 Å². The zero-order valence-corrected chi connectivity index (χ0v) is 13.7. The van der Waals surface area contributed by atoms with Gasteiger partial charge in [-0.2, -0.15) is 11.8 Å². The van der Waals surface area contributed by atoms with Crippen LogP contribution in [0, 0.1) is 11.6 Å². The summed E-state index contributed by atoms with van der Waals surface area (Å²) in [7, 11) is 0. The highest BCUT2D eigenvalue weighted by Crippen LogP contribution is 2.36. The fourth-order valence-corrected chi connectivity index (χ4v) is 5.06. The van der Waals surface area contributed by atoms with E-state index in [2.05, 4.69) is 34.2 Å². The van der Waals surface area contributed by atoms with Crippen molar-refractivity contribution in [3.8, 4) is 11.3 Å². The van der Waals surface area contributed by atoms with Crippen molar-refractivity contribution in [2.24, 2.45) is 0 Å². The number of benzene rings is 1. The Labute approximate surface area is 132 Å². The van der Waals surface area contributed by atoms with E-state index in [0.717, 1.165) is 22.8 Å². The van der Waals surface area contributed by atoms with Crippen LogP contribution in [0.2, 0.25) is 0 Å². The number of aromatic nitrogens is 2. The van der Waals surface area contributed by atoms with E-state index < -0.39 is 0 Å². The molecule has 0 bridgehead atoms. The van der Waals surface area contributed by atoms with Gasteiger partial charge in [0.05, 0.1) is 10.9 Å². The van der Waals surface area contributed by atoms with Gasteiger partial charge in [0.1, 0.15) is 10.5 Å². The minimum absolute atomic E-state index is 0.429. The molecule has 2 aromatic rings. The number of H-pyrrole nitrogens is 1. The molecule has 2 nitrogen and oxygen atoms in total. The third kappa shape index (κ3) is 2.95. The maximum atomic E-state index is 5.45. The summed E-state index contributed by atoms with van der Waals surface area (Å²) in [6, 6.07) is 10.4. The molecule has 1 aliphatic heterocycles. The first-order valence-electron chi connectivity index (χ1n) is 6.61. The van der Waals surface area contributed by atoms with Gasteiger partial charge >= 0.3 is 0 Å². The number of thioether (sulfide) groups is 2. The summed E-state index contributed by atoms with van der Waals surface area (Å²) in [5.41, 5.74) is 3.34. The average Bonchev–Trinajstić information content (AvgIpc) is 2.51. The molecule has 1 aromatic heterocycles. The van der Waals surface area contributed by atoms with Crippen molar-refractivity contribution >= 4 is 35.7 Å². The number of nitrogens with zero attached hydrogens (tertiary/aromatic N) is 1. The van der Waals surface area contributed by atoms with Gasteiger partial charge in [0.15, 0.2) is 0 Å². The van der Waals surface area contributed by atoms with Crippen LogP contribution >= 0.6 is 35.7 Å². The Balaban J connectivity index is 2.06. The second-order valence-corrected chi connectivity index (χ2v) is 7.57. The summed E-state index contributed by atoms with van der Waals surface area (Å²) in [6.45, 7) is 2.04. The molecule has 1 N–H and O–H groups in total. The predicted molar refractivity (Wildman–Crippen MR) is 92.1 cm³/mol. The van der Waals surface area contributed by atoms with Crippen molar-refractivity contribution in [1.29, 1.82) is 0 Å². The van der Waals surface area contributed by atoms with E-state index in [9.17, 15) is 0 Å². The molecule has 20 heavy (non-hydrogen) atoms. The van der Waals surface area contributed by atoms with E-state index in [1.54, 1.807) is 0 Å². The van der Waals surface area contributed by atoms with Crippen LogP contribution in [-0.4, -0.2) is 27.2 Å². The lowest BCUT2D eigenvalue weighted by Gasteiger charge is -2.21. The first kappa shape index (κ1) is 14.2. The van der Waals surface area contributed by atoms with Gasteiger partial charge in [-0.15, -0.1) is 11.8 Å². The van der Waals surface area contributed by atoms with E-state index >= 15 is 0 Å². The van der Waals surface area contributed by atoms with Gasteiger partial charge in [-0.3, -0.25) is 0 Å². The van der Waals surface area contributed by atoms with Crippen molar-refractivity contribution in [3.63, 3.8) is 0 Å². The first-order valence-corrected chi connectivity index (χ1v) is 9.22. The van der Waals surface area contributed by atoms with E-state index in [4.69, 9.17) is 12.2 Å². The molecule has 5 heteroatoms. The molecule has 0 spiro atoms. The maximum absolute atomic E-state index is 5.45. The van der Waals surface area contributed by atoms with Gasteiger partial charge in [0.25, 0.3) is 0 Å². The molecule has 104 valence electrons. The summed E-state index contributed by atoms with van der Waals surface area (Å²) < 4.78 is 0.716. The molecule has 1 aromatic carbocycles. The molecule has 0 saturated carbocycles. The van der Waals surface area contributed by atoms with Gasteiger partial charge in [0.2, 0.25) is 0 Å². The zero-order valence-electron chi connectivity index (χ0n) is 11.3. The largest absolute Gasteiger partial charge is 0.342 e. The standard InChI is InChI=1S/C15H16N2S3/c1-10-13(11-5-3-2-4-6-11)16-14(17-15(10)18)12-9-19-7-8-20-12/h2-6,12H,7-9H2,1H3,(H,16,17,18). The van der Waals surface area contributed by atoms with Crippen molar-refractivity contribution in [2.45, 2.75) is 12.2 Å². The van der Waals surface area contributed by atoms with Gasteiger partial charge in [-0.25, -0.2) is 4.98 Å². The van der Waals surface area contributed by atoms with Crippen LogP contribution < -0.4 is 0 Å². The second kappa shape index (κ2) is 6.33. The Kier molecular flexibility index (Phi) is 4.48. The number of aromatic amines is 1. The lowest BCUT2D eigenvalue weighted by Crippen LogP contribution is -2.11. The highest BCUT2D eigenvalue weighted by atomic mass is 32.2. The highest BCUT2D eigenvalue weighted by molar-refractivity contribution is 8.06. The van der Waals surface area contributed by atoms with Gasteiger partial charge < -0.3 is 4.98 Å². The third-order valence-corrected chi connectivity index (χ3v) is 6.52. The Morgan fingerprint density at radius 3 is 2.75 bits per heavy atom. The number of nitrogens with one attached hydrogen (secondary N) is 1. The maximum Gasteiger partial charge on any atom is 0.133 e. The van der Waals surface area contributed by atoms with Crippen LogP contribution in [0.15, 0.2) is 30.3 Å². The Hall–Kier alpha value is -0.780. The first-order chi connectivity index (χ1) is 9.75. The van der Waals surface area contributed by atoms with E-state index in [-0.39, 0.29) is 0 Å². The highest BCUT2D eigenvalue weighted by Gasteiger charge is 2.20. The van der Waals surface area contributed by atoms with Crippen molar-refractivity contribution in [1.82, 2.24) is 9.97 Å². The van der Waals surface area contributed by atoms with Gasteiger partial charge in [-0.1, -0.05) is 42.5 Å². The lowest BCUT2D eigenvalue weighted by atomic mass is 10.1. The summed E-state index contributed by atoms with van der Waals surface area (Å²) in [6.07, 6.45) is 0. The summed E-state index contributed by atoms with van der Waals surface area (Å²) in [5, 5.41) is 0.429. The molecule has 1 unspecified atom stereocenters. The fraction of sp³-hybridized carbons (Fsp3) is 0.333. The Bertz CT molecular complexity index is 646. The Morgan fingerprint density at radius 1 is 1.25 bits per heavy atom. The van der Waals surface area contributed by atoms with E-state index in [1.165, 1.54) is 17.1 Å². The second-order valence-electron chi connectivity index (χ2n) is 4.73. The molecule has 1 saturated heterocycles. The van der Waals surface area contributed by atoms with Crippen LogP contribution in [0.5, 0.6) is 0 Å². The normalized spacial score (nSPS) is 18.9. The van der Waals surface area contributed by atoms with Crippen molar-refractivity contribution < 1.29 is 0 Å². The van der Waals surface area contributed by atoms with Gasteiger partial charge in [-0.05, 0) is 12.5 Å². The van der Waals surface area contributed by atoms with Crippen molar-refractivity contribution in [2.75, 3.05) is 17.3 Å². The van der Waals surface area contributed by atoms with Crippen LogP contribution in [0.25, 0.3) is 11.3 Å². The molecule has 1 fully saturated rings. The molecular formula is C15H16N2S3. The minimum atomic E-state index is 0.429. The molecule has 1 atom stereocenters. The van der Waals surface area contributed by atoms with Crippen LogP contribution in [0.4, 0.5) is 0 Å². The third-order valence-electron chi connectivity index (χ3n) is 3.35. The van der Waals surface area contributed by atoms with Crippen LogP contribution in [0.1, 0.15) is 16.6 Å². The zero-order chi connectivity index (χ0) is 13.9. The monoisotopic (exact) mass is 320 g/mol. The van der Waals surface area contributed by atoms with Crippen LogP contribution in [-0.2, 0) is 0 Å². The molecule has 3 rings (SSSR count). The van der Waals surface area contributed by atoms with Crippen molar-refractivity contribution in [3.05, 3.63) is 46.4 Å². The number of hydrogen-bond donors (Lipinski definition) is 1. The fourth-order valence-electron chi connectivity index (χ4n) is 2.24. The molecule has 0 radical (unpaired) electrons. The average molecular weight is 321 g/mol. The van der Waals surface area contributed by atoms with E-state index in [0.29, 0.717) is 9.89 Å². The summed E-state index contributed by atoms with van der Waals surface area (Å²) >= 11 is 9.42. The quantitative estimate of drug-likeness (QED) is 0.816. The summed E-state index contributed by atoms with van der Waals surface area (Å²) in [5.74, 6) is 4.56. The lowest BCUT2D eigenvalue weighted by molar-refractivity contribution is 0.911. The summed E-state index contributed by atoms with van der Waals surface area (Å²) in [4.78, 5) is 8.14. The molecular weight excluding hydrogens is 304 g/mol. The Morgan fingerprint density at radius 2 is 2.05 bits per heavy atom. The molecule has 1 aliphatic rings. The van der Waals surface area contributed by atoms with Gasteiger partial charge in [0, 0.05) is 22.8 Å². The van der Waals surface area contributed by atoms with E-state index in [1.807, 2.05) is 36.5 Å². The molecule has 2 heterocycles. The smallest absolute Gasteiger partial charge is 0.133 e. The topological polar surface area (TPSA) is 28.7 Å². The predicted octanol–water partition coefficient (Wildman–Crippen LogP) is 4.64. The number of hydrogen-bond acceptors (Lipinski definition) is 4. The molecule has 0 amide bonds. The number of rotatable bonds is 2. The SMILES string of the molecule is Cc1c(-c2ccccc2)[nH]c(C2CSCCS2)nc1=S. The minimum Gasteiger partial charge on any atom is -0.342 e.